The van der Waals surface area contributed by atoms with Crippen LogP contribution in [0.5, 0.6) is 0 Å². The van der Waals surface area contributed by atoms with Crippen molar-refractivity contribution in [3.8, 4) is 0 Å². The summed E-state index contributed by atoms with van der Waals surface area (Å²) in [7, 11) is 0. The summed E-state index contributed by atoms with van der Waals surface area (Å²) in [6, 6.07) is 10.4. The molecule has 1 aliphatic rings. The molecule has 0 spiro atoms. The number of hydrogen-bond donors (Lipinski definition) is 0. The van der Waals surface area contributed by atoms with Gasteiger partial charge in [0.2, 0.25) is 0 Å². The maximum Gasteiger partial charge on any atom is 0.0479 e. The van der Waals surface area contributed by atoms with Gasteiger partial charge < -0.3 is 0 Å². The molecular weight excluding hydrogens is 158 g/mol. The van der Waals surface area contributed by atoms with Gasteiger partial charge in [0.15, 0.2) is 0 Å². The van der Waals surface area contributed by atoms with E-state index in [1.54, 1.807) is 0 Å². The van der Waals surface area contributed by atoms with Crippen LogP contribution in [0.4, 0.5) is 0 Å². The Labute approximate surface area is 78.8 Å². The Morgan fingerprint density at radius 3 is 2.46 bits per heavy atom. The van der Waals surface area contributed by atoms with Crippen LogP contribution in [0, 0.1) is 0 Å². The summed E-state index contributed by atoms with van der Waals surface area (Å²) in [6.07, 6.45) is 4.20. The number of rotatable bonds is 1. The van der Waals surface area contributed by atoms with Crippen molar-refractivity contribution in [2.75, 3.05) is 0 Å². The zero-order valence-electron chi connectivity index (χ0n) is 7.83. The van der Waals surface area contributed by atoms with Crippen LogP contribution in [0.15, 0.2) is 47.1 Å². The Morgan fingerprint density at radius 1 is 1.08 bits per heavy atom. The molecule has 1 heterocycles. The van der Waals surface area contributed by atoms with E-state index in [0.29, 0.717) is 0 Å². The second kappa shape index (κ2) is 3.56. The SMILES string of the molecule is CC1=CN=C(c2ccccc2)CC1. The third kappa shape index (κ3) is 1.86. The molecule has 0 fully saturated rings. The largest absolute Gasteiger partial charge is 0.261 e. The molecule has 1 aromatic carbocycles. The summed E-state index contributed by atoms with van der Waals surface area (Å²) < 4.78 is 0. The Bertz CT molecular complexity index is 347. The molecule has 1 nitrogen and oxygen atoms in total. The van der Waals surface area contributed by atoms with Crippen molar-refractivity contribution in [3.05, 3.63) is 47.7 Å². The zero-order valence-corrected chi connectivity index (χ0v) is 7.83. The van der Waals surface area contributed by atoms with E-state index >= 15 is 0 Å². The molecule has 1 aromatic rings. The fourth-order valence-electron chi connectivity index (χ4n) is 1.48. The molecule has 13 heavy (non-hydrogen) atoms. The Kier molecular flexibility index (Phi) is 2.26. The third-order valence-corrected chi connectivity index (χ3v) is 2.30. The van der Waals surface area contributed by atoms with Gasteiger partial charge in [-0.25, -0.2) is 0 Å². The summed E-state index contributed by atoms with van der Waals surface area (Å²) in [6.45, 7) is 2.13. The number of benzene rings is 1. The van der Waals surface area contributed by atoms with E-state index in [9.17, 15) is 0 Å². The first-order chi connectivity index (χ1) is 6.36. The Morgan fingerprint density at radius 2 is 1.85 bits per heavy atom. The Balaban J connectivity index is 2.29. The number of aliphatic imine (C=N–C) groups is 1. The molecule has 0 aromatic heterocycles. The van der Waals surface area contributed by atoms with Crippen molar-refractivity contribution in [1.29, 1.82) is 0 Å². The second-order valence-corrected chi connectivity index (χ2v) is 3.42. The normalized spacial score (nSPS) is 16.4. The number of nitrogens with zero attached hydrogens (tertiary/aromatic N) is 1. The predicted octanol–water partition coefficient (Wildman–Crippen LogP) is 3.17. The molecule has 0 saturated carbocycles. The molecule has 0 radical (unpaired) electrons. The van der Waals surface area contributed by atoms with Crippen LogP contribution in [-0.2, 0) is 0 Å². The van der Waals surface area contributed by atoms with Crippen LogP contribution in [0.3, 0.4) is 0 Å². The zero-order chi connectivity index (χ0) is 9.10. The highest BCUT2D eigenvalue weighted by atomic mass is 14.7. The van der Waals surface area contributed by atoms with Gasteiger partial charge >= 0.3 is 0 Å². The molecule has 66 valence electrons. The smallest absolute Gasteiger partial charge is 0.0479 e. The van der Waals surface area contributed by atoms with Crippen LogP contribution in [0.1, 0.15) is 25.3 Å². The summed E-state index contributed by atoms with van der Waals surface area (Å²) in [4.78, 5) is 4.44. The van der Waals surface area contributed by atoms with E-state index in [0.717, 1.165) is 12.8 Å². The van der Waals surface area contributed by atoms with Crippen LogP contribution in [-0.4, -0.2) is 5.71 Å². The lowest BCUT2D eigenvalue weighted by Crippen LogP contribution is -2.03. The van der Waals surface area contributed by atoms with E-state index in [2.05, 4.69) is 36.2 Å². The monoisotopic (exact) mass is 171 g/mol. The molecule has 0 N–H and O–H groups in total. The van der Waals surface area contributed by atoms with Gasteiger partial charge in [0.05, 0.1) is 0 Å². The molecule has 0 saturated heterocycles. The van der Waals surface area contributed by atoms with Gasteiger partial charge in [-0.15, -0.1) is 0 Å². The molecular formula is C12H13N. The minimum atomic E-state index is 1.08. The minimum absolute atomic E-state index is 1.08. The second-order valence-electron chi connectivity index (χ2n) is 3.42. The lowest BCUT2D eigenvalue weighted by Gasteiger charge is -2.10. The maximum absolute atomic E-state index is 4.44. The van der Waals surface area contributed by atoms with Crippen LogP contribution in [0.2, 0.25) is 0 Å². The molecule has 0 unspecified atom stereocenters. The first-order valence-electron chi connectivity index (χ1n) is 4.64. The average molecular weight is 171 g/mol. The molecule has 1 aliphatic heterocycles. The fourth-order valence-corrected chi connectivity index (χ4v) is 1.48. The molecule has 1 heteroatoms. The van der Waals surface area contributed by atoms with Gasteiger partial charge in [0.1, 0.15) is 0 Å². The molecule has 0 atom stereocenters. The highest BCUT2D eigenvalue weighted by Crippen LogP contribution is 2.15. The van der Waals surface area contributed by atoms with Crippen molar-refractivity contribution in [2.45, 2.75) is 19.8 Å². The Hall–Kier alpha value is -1.37. The van der Waals surface area contributed by atoms with E-state index in [-0.39, 0.29) is 0 Å². The van der Waals surface area contributed by atoms with Crippen LogP contribution in [0.25, 0.3) is 0 Å². The summed E-state index contributed by atoms with van der Waals surface area (Å²) in [5, 5.41) is 0. The van der Waals surface area contributed by atoms with Crippen LogP contribution < -0.4 is 0 Å². The van der Waals surface area contributed by atoms with Gasteiger partial charge in [0.25, 0.3) is 0 Å². The lowest BCUT2D eigenvalue weighted by atomic mass is 10.0. The van der Waals surface area contributed by atoms with Gasteiger partial charge in [-0.05, 0) is 25.3 Å². The standard InChI is InChI=1S/C12H13N/c1-10-7-8-12(13-9-10)11-5-3-2-4-6-11/h2-6,9H,7-8H2,1H3. The first kappa shape index (κ1) is 8.24. The van der Waals surface area contributed by atoms with E-state index in [1.165, 1.54) is 16.8 Å². The molecule has 0 bridgehead atoms. The summed E-state index contributed by atoms with van der Waals surface area (Å²) in [5.74, 6) is 0. The molecule has 0 aliphatic carbocycles. The molecule has 0 amide bonds. The highest BCUT2D eigenvalue weighted by molar-refractivity contribution is 6.01. The van der Waals surface area contributed by atoms with Crippen molar-refractivity contribution in [3.63, 3.8) is 0 Å². The number of allylic oxidation sites excluding steroid dienone is 1. The van der Waals surface area contributed by atoms with Crippen molar-refractivity contribution in [1.82, 2.24) is 0 Å². The van der Waals surface area contributed by atoms with E-state index in [4.69, 9.17) is 0 Å². The lowest BCUT2D eigenvalue weighted by molar-refractivity contribution is 0.976. The highest BCUT2D eigenvalue weighted by Gasteiger charge is 2.06. The maximum atomic E-state index is 4.44. The summed E-state index contributed by atoms with van der Waals surface area (Å²) in [5.41, 5.74) is 3.84. The number of hydrogen-bond acceptors (Lipinski definition) is 1. The first-order valence-corrected chi connectivity index (χ1v) is 4.64. The van der Waals surface area contributed by atoms with Crippen molar-refractivity contribution in [2.24, 2.45) is 4.99 Å². The minimum Gasteiger partial charge on any atom is -0.261 e. The van der Waals surface area contributed by atoms with E-state index in [1.807, 2.05) is 12.3 Å². The quantitative estimate of drug-likeness (QED) is 0.615. The fraction of sp³-hybridized carbons (Fsp3) is 0.250. The summed E-state index contributed by atoms with van der Waals surface area (Å²) >= 11 is 0. The van der Waals surface area contributed by atoms with Crippen LogP contribution >= 0.6 is 0 Å². The topological polar surface area (TPSA) is 12.4 Å². The van der Waals surface area contributed by atoms with Crippen molar-refractivity contribution < 1.29 is 0 Å². The third-order valence-electron chi connectivity index (χ3n) is 2.30. The average Bonchev–Trinajstić information content (AvgIpc) is 2.20. The van der Waals surface area contributed by atoms with Gasteiger partial charge in [-0.3, -0.25) is 4.99 Å². The van der Waals surface area contributed by atoms with Crippen molar-refractivity contribution >= 4 is 5.71 Å². The molecule has 2 rings (SSSR count). The van der Waals surface area contributed by atoms with Gasteiger partial charge in [-0.2, -0.15) is 0 Å². The van der Waals surface area contributed by atoms with E-state index < -0.39 is 0 Å². The van der Waals surface area contributed by atoms with Gasteiger partial charge in [0, 0.05) is 11.9 Å². The predicted molar refractivity (Wildman–Crippen MR) is 56.0 cm³/mol. The van der Waals surface area contributed by atoms with Gasteiger partial charge in [-0.1, -0.05) is 35.9 Å².